The summed E-state index contributed by atoms with van der Waals surface area (Å²) in [6, 6.07) is 3.53. The highest BCUT2D eigenvalue weighted by Gasteiger charge is 2.30. The van der Waals surface area contributed by atoms with Gasteiger partial charge >= 0.3 is 0 Å². The van der Waals surface area contributed by atoms with Crippen LogP contribution < -0.4 is 5.32 Å². The Hall–Kier alpha value is -1.00. The van der Waals surface area contributed by atoms with E-state index < -0.39 is 11.6 Å². The summed E-state index contributed by atoms with van der Waals surface area (Å²) in [6.07, 6.45) is 2.08. The predicted molar refractivity (Wildman–Crippen MR) is 66.4 cm³/mol. The first-order valence-electron chi connectivity index (χ1n) is 6.32. The summed E-state index contributed by atoms with van der Waals surface area (Å²) < 4.78 is 32.1. The lowest BCUT2D eigenvalue weighted by atomic mass is 10.0. The Labute approximate surface area is 106 Å². The van der Waals surface area contributed by atoms with Crippen molar-refractivity contribution in [3.63, 3.8) is 0 Å². The van der Waals surface area contributed by atoms with Crippen molar-refractivity contribution in [1.82, 2.24) is 5.32 Å². The molecule has 1 aromatic rings. The molecule has 1 N–H and O–H groups in total. The van der Waals surface area contributed by atoms with Gasteiger partial charge in [-0.15, -0.1) is 0 Å². The molecule has 0 bridgehead atoms. The fraction of sp³-hybridized carbons (Fsp3) is 0.571. The first-order chi connectivity index (χ1) is 8.50. The first-order valence-corrected chi connectivity index (χ1v) is 6.32. The normalized spacial score (nSPS) is 25.3. The Bertz CT molecular complexity index is 416. The molecule has 1 aliphatic rings. The Morgan fingerprint density at radius 1 is 1.44 bits per heavy atom. The van der Waals surface area contributed by atoms with Crippen molar-refractivity contribution in [2.75, 3.05) is 13.2 Å². The highest BCUT2D eigenvalue weighted by molar-refractivity contribution is 5.21. The number of hydrogen-bond donors (Lipinski definition) is 1. The Morgan fingerprint density at radius 2 is 2.22 bits per heavy atom. The second-order valence-corrected chi connectivity index (χ2v) is 5.17. The monoisotopic (exact) mass is 255 g/mol. The minimum absolute atomic E-state index is 0.161. The molecule has 4 heteroatoms. The van der Waals surface area contributed by atoms with Crippen molar-refractivity contribution in [1.29, 1.82) is 0 Å². The van der Waals surface area contributed by atoms with E-state index in [9.17, 15) is 8.78 Å². The third kappa shape index (κ3) is 3.06. The fourth-order valence-electron chi connectivity index (χ4n) is 2.31. The molecule has 1 aliphatic heterocycles. The molecule has 1 aromatic carbocycles. The molecule has 0 saturated carbocycles. The third-order valence-corrected chi connectivity index (χ3v) is 3.51. The zero-order valence-corrected chi connectivity index (χ0v) is 10.8. The number of nitrogens with one attached hydrogen (secondary N) is 1. The van der Waals surface area contributed by atoms with E-state index in [0.29, 0.717) is 12.1 Å². The molecule has 0 aromatic heterocycles. The van der Waals surface area contributed by atoms with Crippen molar-refractivity contribution in [3.05, 3.63) is 35.4 Å². The van der Waals surface area contributed by atoms with Crippen molar-refractivity contribution in [3.8, 4) is 0 Å². The van der Waals surface area contributed by atoms with E-state index in [4.69, 9.17) is 4.74 Å². The van der Waals surface area contributed by atoms with Gasteiger partial charge in [-0.1, -0.05) is 6.07 Å². The lowest BCUT2D eigenvalue weighted by Crippen LogP contribution is -2.38. The molecule has 100 valence electrons. The molecule has 1 fully saturated rings. The van der Waals surface area contributed by atoms with Crippen molar-refractivity contribution in [2.45, 2.75) is 38.3 Å². The van der Waals surface area contributed by atoms with Crippen LogP contribution in [0.25, 0.3) is 0 Å². The standard InChI is InChI=1S/C14H19F2NO/c1-10(12-5-4-11(15)8-13(12)16)17-9-14(2)6-3-7-18-14/h4-5,8,10,17H,3,6-7,9H2,1-2H3. The lowest BCUT2D eigenvalue weighted by Gasteiger charge is -2.26. The highest BCUT2D eigenvalue weighted by Crippen LogP contribution is 2.25. The summed E-state index contributed by atoms with van der Waals surface area (Å²) in [5.74, 6) is -1.05. The van der Waals surface area contributed by atoms with Crippen LogP contribution in [0.2, 0.25) is 0 Å². The smallest absolute Gasteiger partial charge is 0.130 e. The maximum Gasteiger partial charge on any atom is 0.130 e. The molecule has 2 nitrogen and oxygen atoms in total. The molecule has 0 radical (unpaired) electrons. The van der Waals surface area contributed by atoms with E-state index in [2.05, 4.69) is 12.2 Å². The summed E-state index contributed by atoms with van der Waals surface area (Å²) in [7, 11) is 0. The second-order valence-electron chi connectivity index (χ2n) is 5.17. The highest BCUT2D eigenvalue weighted by atomic mass is 19.1. The molecule has 2 rings (SSSR count). The van der Waals surface area contributed by atoms with Gasteiger partial charge in [0.1, 0.15) is 11.6 Å². The van der Waals surface area contributed by atoms with E-state index >= 15 is 0 Å². The number of rotatable bonds is 4. The van der Waals surface area contributed by atoms with Crippen molar-refractivity contribution in [2.24, 2.45) is 0 Å². The summed E-state index contributed by atoms with van der Waals surface area (Å²) in [6.45, 7) is 5.39. The van der Waals surface area contributed by atoms with Crippen LogP contribution in [0.15, 0.2) is 18.2 Å². The van der Waals surface area contributed by atoms with Gasteiger partial charge in [0.05, 0.1) is 5.60 Å². The molecule has 18 heavy (non-hydrogen) atoms. The van der Waals surface area contributed by atoms with Crippen molar-refractivity contribution < 1.29 is 13.5 Å². The molecule has 2 unspecified atom stereocenters. The molecule has 1 saturated heterocycles. The van der Waals surface area contributed by atoms with E-state index in [-0.39, 0.29) is 11.6 Å². The summed E-state index contributed by atoms with van der Waals surface area (Å²) >= 11 is 0. The van der Waals surface area contributed by atoms with E-state index in [1.807, 2.05) is 6.92 Å². The molecule has 2 atom stereocenters. The molecular formula is C14H19F2NO. The van der Waals surface area contributed by atoms with Crippen LogP contribution in [0.4, 0.5) is 8.78 Å². The minimum atomic E-state index is -0.547. The molecule has 0 amide bonds. The fourth-order valence-corrected chi connectivity index (χ4v) is 2.31. The Morgan fingerprint density at radius 3 is 2.83 bits per heavy atom. The van der Waals surface area contributed by atoms with Gasteiger partial charge in [0.2, 0.25) is 0 Å². The maximum atomic E-state index is 13.6. The van der Waals surface area contributed by atoms with E-state index in [1.165, 1.54) is 12.1 Å². The molecular weight excluding hydrogens is 236 g/mol. The number of benzene rings is 1. The molecule has 0 aliphatic carbocycles. The van der Waals surface area contributed by atoms with Gasteiger partial charge in [0.15, 0.2) is 0 Å². The number of ether oxygens (including phenoxy) is 1. The van der Waals surface area contributed by atoms with Gasteiger partial charge in [-0.05, 0) is 32.8 Å². The maximum absolute atomic E-state index is 13.6. The summed E-state index contributed by atoms with van der Waals surface area (Å²) in [4.78, 5) is 0. The third-order valence-electron chi connectivity index (χ3n) is 3.51. The van der Waals surface area contributed by atoms with Crippen LogP contribution in [0.3, 0.4) is 0 Å². The van der Waals surface area contributed by atoms with Gasteiger partial charge in [-0.3, -0.25) is 0 Å². The van der Waals surface area contributed by atoms with Crippen LogP contribution in [-0.4, -0.2) is 18.8 Å². The van der Waals surface area contributed by atoms with Gasteiger partial charge in [0, 0.05) is 30.8 Å². The lowest BCUT2D eigenvalue weighted by molar-refractivity contribution is 0.0190. The van der Waals surface area contributed by atoms with Crippen LogP contribution in [0.1, 0.15) is 38.3 Å². The van der Waals surface area contributed by atoms with E-state index in [0.717, 1.165) is 25.5 Å². The Balaban J connectivity index is 1.97. The van der Waals surface area contributed by atoms with Crippen LogP contribution in [-0.2, 0) is 4.74 Å². The second kappa shape index (κ2) is 5.33. The average molecular weight is 255 g/mol. The van der Waals surface area contributed by atoms with Gasteiger partial charge in [-0.25, -0.2) is 8.78 Å². The largest absolute Gasteiger partial charge is 0.374 e. The topological polar surface area (TPSA) is 21.3 Å². The average Bonchev–Trinajstić information content (AvgIpc) is 2.74. The van der Waals surface area contributed by atoms with Crippen LogP contribution in [0, 0.1) is 11.6 Å². The van der Waals surface area contributed by atoms with Gasteiger partial charge in [-0.2, -0.15) is 0 Å². The predicted octanol–water partition coefficient (Wildman–Crippen LogP) is 3.18. The summed E-state index contributed by atoms with van der Waals surface area (Å²) in [5, 5.41) is 3.25. The first kappa shape index (κ1) is 13.4. The van der Waals surface area contributed by atoms with Gasteiger partial charge in [0.25, 0.3) is 0 Å². The van der Waals surface area contributed by atoms with E-state index in [1.54, 1.807) is 0 Å². The SMILES string of the molecule is CC(NCC1(C)CCCO1)c1ccc(F)cc1F. The number of hydrogen-bond acceptors (Lipinski definition) is 2. The Kier molecular flexibility index (Phi) is 3.97. The minimum Gasteiger partial charge on any atom is -0.374 e. The van der Waals surface area contributed by atoms with Crippen LogP contribution in [0.5, 0.6) is 0 Å². The van der Waals surface area contributed by atoms with Gasteiger partial charge < -0.3 is 10.1 Å². The quantitative estimate of drug-likeness (QED) is 0.892. The summed E-state index contributed by atoms with van der Waals surface area (Å²) in [5.41, 5.74) is 0.322. The number of halogens is 2. The van der Waals surface area contributed by atoms with Crippen molar-refractivity contribution >= 4 is 0 Å². The molecule has 1 heterocycles. The van der Waals surface area contributed by atoms with Crippen LogP contribution >= 0.6 is 0 Å². The zero-order chi connectivity index (χ0) is 13.2. The molecule has 0 spiro atoms. The zero-order valence-electron chi connectivity index (χ0n) is 10.8.